The molecule has 0 aliphatic carbocycles. The highest BCUT2D eigenvalue weighted by atomic mass is 32.1. The zero-order valence-electron chi connectivity index (χ0n) is 9.19. The van der Waals surface area contributed by atoms with Gasteiger partial charge in [0.15, 0.2) is 0 Å². The number of hydrogen-bond donors (Lipinski definition) is 2. The predicted molar refractivity (Wildman–Crippen MR) is 60.7 cm³/mol. The average molecular weight is 242 g/mol. The van der Waals surface area contributed by atoms with E-state index in [4.69, 9.17) is 5.11 Å². The summed E-state index contributed by atoms with van der Waals surface area (Å²) in [5.74, 6) is -1.18. The van der Waals surface area contributed by atoms with E-state index in [-0.39, 0.29) is 18.4 Å². The van der Waals surface area contributed by atoms with Crippen molar-refractivity contribution in [3.8, 4) is 0 Å². The molecule has 1 amide bonds. The van der Waals surface area contributed by atoms with Crippen LogP contribution >= 0.6 is 11.3 Å². The molecule has 0 radical (unpaired) electrons. The van der Waals surface area contributed by atoms with E-state index in [2.05, 4.69) is 10.3 Å². The minimum atomic E-state index is -0.925. The topological polar surface area (TPSA) is 79.3 Å². The maximum Gasteiger partial charge on any atom is 0.305 e. The van der Waals surface area contributed by atoms with E-state index in [9.17, 15) is 9.59 Å². The van der Waals surface area contributed by atoms with E-state index in [1.54, 1.807) is 6.92 Å². The van der Waals surface area contributed by atoms with Gasteiger partial charge in [0.05, 0.1) is 17.6 Å². The molecule has 6 heteroatoms. The molecule has 1 aromatic heterocycles. The van der Waals surface area contributed by atoms with E-state index in [1.807, 2.05) is 6.92 Å². The van der Waals surface area contributed by atoms with Gasteiger partial charge in [-0.3, -0.25) is 9.59 Å². The minimum absolute atomic E-state index is 0.0782. The molecule has 0 spiro atoms. The molecular weight excluding hydrogens is 228 g/mol. The van der Waals surface area contributed by atoms with E-state index in [0.717, 1.165) is 11.4 Å². The SMILES string of the molecule is CCc1ncc(C(=O)NC(C)CC(=O)O)s1. The number of nitrogens with one attached hydrogen (secondary N) is 1. The first-order valence-electron chi connectivity index (χ1n) is 5.00. The van der Waals surface area contributed by atoms with Crippen LogP contribution in [-0.4, -0.2) is 28.0 Å². The largest absolute Gasteiger partial charge is 0.481 e. The van der Waals surface area contributed by atoms with Crippen molar-refractivity contribution >= 4 is 23.2 Å². The summed E-state index contributed by atoms with van der Waals surface area (Å²) in [4.78, 5) is 26.6. The summed E-state index contributed by atoms with van der Waals surface area (Å²) in [5, 5.41) is 12.1. The monoisotopic (exact) mass is 242 g/mol. The second kappa shape index (κ2) is 5.60. The molecule has 2 N–H and O–H groups in total. The number of aryl methyl sites for hydroxylation is 1. The van der Waals surface area contributed by atoms with Crippen LogP contribution in [0, 0.1) is 0 Å². The Morgan fingerprint density at radius 2 is 2.31 bits per heavy atom. The van der Waals surface area contributed by atoms with Gasteiger partial charge < -0.3 is 10.4 Å². The number of amides is 1. The van der Waals surface area contributed by atoms with Gasteiger partial charge in [-0.25, -0.2) is 4.98 Å². The molecule has 88 valence electrons. The third-order valence-electron chi connectivity index (χ3n) is 1.94. The molecule has 16 heavy (non-hydrogen) atoms. The van der Waals surface area contributed by atoms with E-state index in [0.29, 0.717) is 4.88 Å². The minimum Gasteiger partial charge on any atom is -0.481 e. The van der Waals surface area contributed by atoms with Gasteiger partial charge in [0.2, 0.25) is 0 Å². The Balaban J connectivity index is 2.54. The van der Waals surface area contributed by atoms with Crippen LogP contribution in [0.3, 0.4) is 0 Å². The molecule has 0 bridgehead atoms. The lowest BCUT2D eigenvalue weighted by molar-refractivity contribution is -0.137. The van der Waals surface area contributed by atoms with Crippen molar-refractivity contribution in [3.05, 3.63) is 16.1 Å². The third kappa shape index (κ3) is 3.62. The van der Waals surface area contributed by atoms with Crippen molar-refractivity contribution < 1.29 is 14.7 Å². The fraction of sp³-hybridized carbons (Fsp3) is 0.500. The van der Waals surface area contributed by atoms with Gasteiger partial charge in [0.25, 0.3) is 5.91 Å². The number of carboxylic acid groups (broad SMARTS) is 1. The van der Waals surface area contributed by atoms with Gasteiger partial charge >= 0.3 is 5.97 Å². The molecule has 0 fully saturated rings. The molecular formula is C10H14N2O3S. The van der Waals surface area contributed by atoms with Crippen molar-refractivity contribution in [2.24, 2.45) is 0 Å². The predicted octanol–water partition coefficient (Wildman–Crippen LogP) is 1.30. The smallest absolute Gasteiger partial charge is 0.305 e. The first kappa shape index (κ1) is 12.6. The first-order chi connectivity index (χ1) is 7.52. The summed E-state index contributed by atoms with van der Waals surface area (Å²) in [7, 11) is 0. The number of carbonyl (C=O) groups excluding carboxylic acids is 1. The first-order valence-corrected chi connectivity index (χ1v) is 5.82. The quantitative estimate of drug-likeness (QED) is 0.815. The van der Waals surface area contributed by atoms with Crippen molar-refractivity contribution in [3.63, 3.8) is 0 Å². The standard InChI is InChI=1S/C10H14N2O3S/c1-3-8-11-5-7(16-8)10(15)12-6(2)4-9(13)14/h5-6H,3-4H2,1-2H3,(H,12,15)(H,13,14). The average Bonchev–Trinajstić information content (AvgIpc) is 2.64. The number of carbonyl (C=O) groups is 2. The molecule has 0 aliphatic heterocycles. The second-order valence-corrected chi connectivity index (χ2v) is 4.56. The number of aromatic nitrogens is 1. The van der Waals surface area contributed by atoms with Crippen LogP contribution in [0.25, 0.3) is 0 Å². The molecule has 5 nitrogen and oxygen atoms in total. The Labute approximate surface area is 97.5 Å². The van der Waals surface area contributed by atoms with Gasteiger partial charge in [-0.05, 0) is 13.3 Å². The van der Waals surface area contributed by atoms with Crippen molar-refractivity contribution in [2.75, 3.05) is 0 Å². The summed E-state index contributed by atoms with van der Waals surface area (Å²) in [6, 6.07) is -0.378. The van der Waals surface area contributed by atoms with Crippen LogP contribution in [0.1, 0.15) is 34.9 Å². The summed E-state index contributed by atoms with van der Waals surface area (Å²) in [5.41, 5.74) is 0. The number of nitrogens with zero attached hydrogens (tertiary/aromatic N) is 1. The molecule has 1 heterocycles. The van der Waals surface area contributed by atoms with Gasteiger partial charge in [-0.2, -0.15) is 0 Å². The fourth-order valence-electron chi connectivity index (χ4n) is 1.19. The van der Waals surface area contributed by atoms with E-state index >= 15 is 0 Å². The molecule has 0 saturated carbocycles. The fourth-order valence-corrected chi connectivity index (χ4v) is 1.95. The van der Waals surface area contributed by atoms with Crippen LogP contribution in [0.5, 0.6) is 0 Å². The second-order valence-electron chi connectivity index (χ2n) is 3.44. The van der Waals surface area contributed by atoms with E-state index in [1.165, 1.54) is 17.5 Å². The van der Waals surface area contributed by atoms with Crippen LogP contribution in [0.4, 0.5) is 0 Å². The summed E-state index contributed by atoms with van der Waals surface area (Å²) >= 11 is 1.33. The Morgan fingerprint density at radius 3 is 2.81 bits per heavy atom. The van der Waals surface area contributed by atoms with Crippen LogP contribution in [0.15, 0.2) is 6.20 Å². The van der Waals surface area contributed by atoms with Gasteiger partial charge in [0.1, 0.15) is 4.88 Å². The van der Waals surface area contributed by atoms with Crippen LogP contribution < -0.4 is 5.32 Å². The molecule has 0 aliphatic rings. The lowest BCUT2D eigenvalue weighted by Crippen LogP contribution is -2.33. The third-order valence-corrected chi connectivity index (χ3v) is 3.08. The maximum absolute atomic E-state index is 11.6. The highest BCUT2D eigenvalue weighted by molar-refractivity contribution is 7.13. The Morgan fingerprint density at radius 1 is 1.62 bits per heavy atom. The molecule has 0 aromatic carbocycles. The van der Waals surface area contributed by atoms with Crippen LogP contribution in [0.2, 0.25) is 0 Å². The number of aliphatic carboxylic acids is 1. The molecule has 1 rings (SSSR count). The van der Waals surface area contributed by atoms with Gasteiger partial charge in [-0.15, -0.1) is 11.3 Å². The van der Waals surface area contributed by atoms with Gasteiger partial charge in [-0.1, -0.05) is 6.92 Å². The Bertz CT molecular complexity index is 389. The van der Waals surface area contributed by atoms with Crippen LogP contribution in [-0.2, 0) is 11.2 Å². The highest BCUT2D eigenvalue weighted by Crippen LogP contribution is 2.13. The Hall–Kier alpha value is -1.43. The van der Waals surface area contributed by atoms with Crippen molar-refractivity contribution in [2.45, 2.75) is 32.7 Å². The van der Waals surface area contributed by atoms with Crippen molar-refractivity contribution in [1.82, 2.24) is 10.3 Å². The lowest BCUT2D eigenvalue weighted by Gasteiger charge is -2.09. The summed E-state index contributed by atoms with van der Waals surface area (Å²) in [6.07, 6.45) is 2.24. The van der Waals surface area contributed by atoms with Gasteiger partial charge in [0, 0.05) is 6.04 Å². The zero-order valence-corrected chi connectivity index (χ0v) is 10.0. The maximum atomic E-state index is 11.6. The highest BCUT2D eigenvalue weighted by Gasteiger charge is 2.14. The van der Waals surface area contributed by atoms with E-state index < -0.39 is 5.97 Å². The normalized spacial score (nSPS) is 12.1. The number of thiazole rings is 1. The number of hydrogen-bond acceptors (Lipinski definition) is 4. The number of rotatable bonds is 5. The van der Waals surface area contributed by atoms with Crippen molar-refractivity contribution in [1.29, 1.82) is 0 Å². The molecule has 1 unspecified atom stereocenters. The Kier molecular flexibility index (Phi) is 4.42. The summed E-state index contributed by atoms with van der Waals surface area (Å²) < 4.78 is 0. The summed E-state index contributed by atoms with van der Waals surface area (Å²) in [6.45, 7) is 3.63. The molecule has 0 saturated heterocycles. The molecule has 1 atom stereocenters. The lowest BCUT2D eigenvalue weighted by atomic mass is 10.2. The molecule has 1 aromatic rings. The number of carboxylic acids is 1. The zero-order chi connectivity index (χ0) is 12.1.